The van der Waals surface area contributed by atoms with Crippen LogP contribution in [-0.4, -0.2) is 78.5 Å². The number of amides is 3. The zero-order valence-electron chi connectivity index (χ0n) is 20.1. The molecular formula is C26H29FN4O5. The topological polar surface area (TPSA) is 95.3 Å². The van der Waals surface area contributed by atoms with E-state index in [1.165, 1.54) is 29.4 Å². The first-order valence-electron chi connectivity index (χ1n) is 11.8. The maximum absolute atomic E-state index is 14.1. The molecule has 0 saturated carbocycles. The standard InChI is InChI=1S/C26H29FN4O5/c1-3-10-31-20(17-29-11-13-30(14-12-29)24(32)21-9-6-15-36-21)22(25(33)35-4-2)23(28-26(31)34)18-7-5-8-19(27)16-18/h3,5-9,15-16,23H,1,4,10-14,17H2,2H3,(H,28,34). The molecule has 1 atom stereocenters. The first-order valence-corrected chi connectivity index (χ1v) is 11.8. The van der Waals surface area contributed by atoms with Crippen molar-refractivity contribution in [3.63, 3.8) is 0 Å². The van der Waals surface area contributed by atoms with Gasteiger partial charge in [-0.3, -0.25) is 14.6 Å². The quantitative estimate of drug-likeness (QED) is 0.446. The zero-order valence-corrected chi connectivity index (χ0v) is 20.1. The van der Waals surface area contributed by atoms with E-state index in [0.717, 1.165) is 0 Å². The normalized spacial score (nSPS) is 18.7. The number of nitrogens with one attached hydrogen (secondary N) is 1. The van der Waals surface area contributed by atoms with Gasteiger partial charge in [0.1, 0.15) is 5.82 Å². The minimum absolute atomic E-state index is 0.147. The fourth-order valence-electron chi connectivity index (χ4n) is 4.46. The summed E-state index contributed by atoms with van der Waals surface area (Å²) >= 11 is 0. The highest BCUT2D eigenvalue weighted by Gasteiger charge is 2.39. The summed E-state index contributed by atoms with van der Waals surface area (Å²) in [5.41, 5.74) is 1.16. The minimum Gasteiger partial charge on any atom is -0.463 e. The van der Waals surface area contributed by atoms with Crippen molar-refractivity contribution in [3.05, 3.63) is 83.7 Å². The van der Waals surface area contributed by atoms with E-state index in [4.69, 9.17) is 9.15 Å². The largest absolute Gasteiger partial charge is 0.463 e. The Balaban J connectivity index is 1.64. The lowest BCUT2D eigenvalue weighted by atomic mass is 9.94. The van der Waals surface area contributed by atoms with Crippen LogP contribution in [0.15, 0.2) is 71.0 Å². The third kappa shape index (κ3) is 5.33. The Kier molecular flexibility index (Phi) is 7.84. The molecule has 9 nitrogen and oxygen atoms in total. The number of furan rings is 1. The van der Waals surface area contributed by atoms with Gasteiger partial charge in [0.2, 0.25) is 0 Å². The van der Waals surface area contributed by atoms with Crippen molar-refractivity contribution in [3.8, 4) is 0 Å². The SMILES string of the molecule is C=CCN1C(=O)NC(c2cccc(F)c2)C(C(=O)OCC)=C1CN1CCN(C(=O)c2ccco2)CC1. The van der Waals surface area contributed by atoms with Gasteiger partial charge in [-0.05, 0) is 36.8 Å². The van der Waals surface area contributed by atoms with Gasteiger partial charge in [-0.25, -0.2) is 14.0 Å². The van der Waals surface area contributed by atoms with Crippen LogP contribution in [0.4, 0.5) is 9.18 Å². The van der Waals surface area contributed by atoms with Gasteiger partial charge < -0.3 is 19.4 Å². The number of hydrogen-bond donors (Lipinski definition) is 1. The van der Waals surface area contributed by atoms with Crippen LogP contribution in [-0.2, 0) is 9.53 Å². The first-order chi connectivity index (χ1) is 17.4. The van der Waals surface area contributed by atoms with Crippen LogP contribution < -0.4 is 5.32 Å². The fraction of sp³-hybridized carbons (Fsp3) is 0.346. The number of rotatable bonds is 8. The number of carbonyl (C=O) groups excluding carboxylic acids is 3. The molecule has 3 heterocycles. The molecular weight excluding hydrogens is 467 g/mol. The Morgan fingerprint density at radius 3 is 2.64 bits per heavy atom. The van der Waals surface area contributed by atoms with Crippen molar-refractivity contribution >= 4 is 17.9 Å². The Morgan fingerprint density at radius 1 is 1.22 bits per heavy atom. The summed E-state index contributed by atoms with van der Waals surface area (Å²) in [5, 5.41) is 2.82. The molecule has 3 amide bonds. The van der Waals surface area contributed by atoms with Gasteiger partial charge in [0.15, 0.2) is 5.76 Å². The highest BCUT2D eigenvalue weighted by Crippen LogP contribution is 2.32. The van der Waals surface area contributed by atoms with E-state index in [-0.39, 0.29) is 36.9 Å². The number of urea groups is 1. The predicted molar refractivity (Wildman–Crippen MR) is 129 cm³/mol. The van der Waals surface area contributed by atoms with E-state index in [0.29, 0.717) is 37.4 Å². The van der Waals surface area contributed by atoms with Crippen LogP contribution in [0.1, 0.15) is 29.1 Å². The molecule has 190 valence electrons. The molecule has 0 radical (unpaired) electrons. The molecule has 1 unspecified atom stereocenters. The van der Waals surface area contributed by atoms with Gasteiger partial charge in [0.05, 0.1) is 24.5 Å². The summed E-state index contributed by atoms with van der Waals surface area (Å²) in [4.78, 5) is 44.1. The third-order valence-electron chi connectivity index (χ3n) is 6.19. The fourth-order valence-corrected chi connectivity index (χ4v) is 4.46. The number of carbonyl (C=O) groups is 3. The second-order valence-corrected chi connectivity index (χ2v) is 8.46. The Hall–Kier alpha value is -3.92. The first kappa shape index (κ1) is 25.2. The smallest absolute Gasteiger partial charge is 0.338 e. The molecule has 0 bridgehead atoms. The highest BCUT2D eigenvalue weighted by atomic mass is 19.1. The van der Waals surface area contributed by atoms with Crippen molar-refractivity contribution in [1.29, 1.82) is 0 Å². The molecule has 2 aromatic rings. The van der Waals surface area contributed by atoms with E-state index in [2.05, 4.69) is 16.8 Å². The number of nitrogens with zero attached hydrogens (tertiary/aromatic N) is 3. The lowest BCUT2D eigenvalue weighted by Gasteiger charge is -2.40. The van der Waals surface area contributed by atoms with E-state index < -0.39 is 23.9 Å². The van der Waals surface area contributed by atoms with Crippen LogP contribution in [0, 0.1) is 5.82 Å². The van der Waals surface area contributed by atoms with Crippen molar-refractivity contribution in [1.82, 2.24) is 20.0 Å². The van der Waals surface area contributed by atoms with Gasteiger partial charge in [-0.2, -0.15) is 0 Å². The van der Waals surface area contributed by atoms with Crippen molar-refractivity contribution in [2.24, 2.45) is 0 Å². The highest BCUT2D eigenvalue weighted by molar-refractivity contribution is 5.95. The molecule has 1 fully saturated rings. The van der Waals surface area contributed by atoms with Crippen molar-refractivity contribution < 1.29 is 27.9 Å². The van der Waals surface area contributed by atoms with Crippen molar-refractivity contribution in [2.75, 3.05) is 45.9 Å². The average molecular weight is 497 g/mol. The maximum Gasteiger partial charge on any atom is 0.338 e. The van der Waals surface area contributed by atoms with Crippen molar-refractivity contribution in [2.45, 2.75) is 13.0 Å². The van der Waals surface area contributed by atoms with E-state index >= 15 is 0 Å². The molecule has 36 heavy (non-hydrogen) atoms. The van der Waals surface area contributed by atoms with Crippen LogP contribution in [0.5, 0.6) is 0 Å². The number of esters is 1. The molecule has 1 N–H and O–H groups in total. The van der Waals surface area contributed by atoms with Gasteiger partial charge >= 0.3 is 12.0 Å². The maximum atomic E-state index is 14.1. The number of ether oxygens (including phenoxy) is 1. The molecule has 2 aliphatic heterocycles. The molecule has 0 spiro atoms. The lowest BCUT2D eigenvalue weighted by Crippen LogP contribution is -2.53. The predicted octanol–water partition coefficient (Wildman–Crippen LogP) is 2.95. The summed E-state index contributed by atoms with van der Waals surface area (Å²) in [6, 6.07) is 7.80. The minimum atomic E-state index is -0.870. The van der Waals surface area contributed by atoms with E-state index in [1.807, 2.05) is 0 Å². The summed E-state index contributed by atoms with van der Waals surface area (Å²) in [6.07, 6.45) is 3.04. The molecule has 1 aromatic heterocycles. The zero-order chi connectivity index (χ0) is 25.7. The third-order valence-corrected chi connectivity index (χ3v) is 6.19. The van der Waals surface area contributed by atoms with Crippen LogP contribution >= 0.6 is 0 Å². The number of piperazine rings is 1. The second kappa shape index (κ2) is 11.2. The Labute approximate surface area is 208 Å². The molecule has 10 heteroatoms. The van der Waals surface area contributed by atoms with Crippen LogP contribution in [0.2, 0.25) is 0 Å². The summed E-state index contributed by atoms with van der Waals surface area (Å²) in [7, 11) is 0. The molecule has 1 saturated heterocycles. The average Bonchev–Trinajstić information content (AvgIpc) is 3.41. The molecule has 2 aliphatic rings. The summed E-state index contributed by atoms with van der Waals surface area (Å²) < 4.78 is 24.6. The summed E-state index contributed by atoms with van der Waals surface area (Å²) in [6.45, 7) is 8.01. The molecule has 1 aromatic carbocycles. The number of halogens is 1. The second-order valence-electron chi connectivity index (χ2n) is 8.46. The van der Waals surface area contributed by atoms with Crippen LogP contribution in [0.25, 0.3) is 0 Å². The van der Waals surface area contributed by atoms with E-state index in [9.17, 15) is 18.8 Å². The van der Waals surface area contributed by atoms with Gasteiger partial charge in [-0.15, -0.1) is 6.58 Å². The Bertz CT molecular complexity index is 1150. The van der Waals surface area contributed by atoms with Crippen LogP contribution in [0.3, 0.4) is 0 Å². The summed E-state index contributed by atoms with van der Waals surface area (Å²) in [5.74, 6) is -0.947. The Morgan fingerprint density at radius 2 is 2.00 bits per heavy atom. The van der Waals surface area contributed by atoms with Gasteiger partial charge in [-0.1, -0.05) is 18.2 Å². The van der Waals surface area contributed by atoms with Gasteiger partial charge in [0.25, 0.3) is 5.91 Å². The van der Waals surface area contributed by atoms with E-state index in [1.54, 1.807) is 36.1 Å². The van der Waals surface area contributed by atoms with Gasteiger partial charge in [0, 0.05) is 45.0 Å². The number of benzene rings is 1. The lowest BCUT2D eigenvalue weighted by molar-refractivity contribution is -0.139. The number of hydrogen-bond acceptors (Lipinski definition) is 6. The monoisotopic (exact) mass is 496 g/mol. The molecule has 0 aliphatic carbocycles. The molecule has 4 rings (SSSR count).